The van der Waals surface area contributed by atoms with Crippen LogP contribution in [0.1, 0.15) is 24.0 Å². The number of aliphatic carboxylic acids is 1. The molecule has 0 spiro atoms. The van der Waals surface area contributed by atoms with E-state index in [1.165, 1.54) is 7.11 Å². The summed E-state index contributed by atoms with van der Waals surface area (Å²) in [7, 11) is 6.15. The van der Waals surface area contributed by atoms with E-state index >= 15 is 0 Å². The Kier molecular flexibility index (Phi) is 8.34. The monoisotopic (exact) mass is 418 g/mol. The SMILES string of the molecule is COc1ccc(CCc2cc(OC)c(OC)c(OC)c2)cc1OC(=O)CCC(=O)O. The summed E-state index contributed by atoms with van der Waals surface area (Å²) >= 11 is 0. The molecule has 2 aromatic rings. The maximum absolute atomic E-state index is 11.9. The molecular formula is C22H26O8. The molecule has 0 saturated heterocycles. The molecule has 0 aliphatic heterocycles. The van der Waals surface area contributed by atoms with Crippen LogP contribution >= 0.6 is 0 Å². The smallest absolute Gasteiger partial charge is 0.311 e. The largest absolute Gasteiger partial charge is 0.493 e. The number of hydrogen-bond acceptors (Lipinski definition) is 7. The van der Waals surface area contributed by atoms with Gasteiger partial charge in [-0.1, -0.05) is 6.07 Å². The summed E-state index contributed by atoms with van der Waals surface area (Å²) in [6, 6.07) is 9.08. The van der Waals surface area contributed by atoms with Crippen molar-refractivity contribution in [2.24, 2.45) is 0 Å². The van der Waals surface area contributed by atoms with E-state index in [-0.39, 0.29) is 18.6 Å². The van der Waals surface area contributed by atoms with Crippen molar-refractivity contribution in [1.29, 1.82) is 0 Å². The molecule has 2 rings (SSSR count). The van der Waals surface area contributed by atoms with E-state index in [0.29, 0.717) is 35.8 Å². The van der Waals surface area contributed by atoms with Crippen molar-refractivity contribution in [3.8, 4) is 28.7 Å². The van der Waals surface area contributed by atoms with Gasteiger partial charge in [0.15, 0.2) is 23.0 Å². The molecule has 0 heterocycles. The van der Waals surface area contributed by atoms with Crippen molar-refractivity contribution in [3.63, 3.8) is 0 Å². The highest BCUT2D eigenvalue weighted by Crippen LogP contribution is 2.38. The second kappa shape index (κ2) is 10.9. The van der Waals surface area contributed by atoms with E-state index in [9.17, 15) is 9.59 Å². The summed E-state index contributed by atoms with van der Waals surface area (Å²) in [5.41, 5.74) is 1.91. The lowest BCUT2D eigenvalue weighted by Crippen LogP contribution is -2.11. The standard InChI is InChI=1S/C22H26O8/c1-26-16-8-7-14(11-17(16)30-21(25)10-9-20(23)24)5-6-15-12-18(27-2)22(29-4)19(13-15)28-3/h7-8,11-13H,5-6,9-10H2,1-4H3,(H,23,24). The van der Waals surface area contributed by atoms with E-state index in [2.05, 4.69) is 0 Å². The van der Waals surface area contributed by atoms with Crippen LogP contribution in [-0.2, 0) is 22.4 Å². The molecule has 0 radical (unpaired) electrons. The maximum Gasteiger partial charge on any atom is 0.311 e. The lowest BCUT2D eigenvalue weighted by Gasteiger charge is -2.14. The Balaban J connectivity index is 2.15. The molecule has 2 aromatic carbocycles. The van der Waals surface area contributed by atoms with Gasteiger partial charge in [-0.25, -0.2) is 0 Å². The molecule has 0 saturated carbocycles. The van der Waals surface area contributed by atoms with Crippen LogP contribution in [0.2, 0.25) is 0 Å². The number of benzene rings is 2. The van der Waals surface area contributed by atoms with Crippen LogP contribution in [-0.4, -0.2) is 45.5 Å². The summed E-state index contributed by atoms with van der Waals surface area (Å²) in [4.78, 5) is 22.5. The van der Waals surface area contributed by atoms with Gasteiger partial charge in [0.05, 0.1) is 41.3 Å². The molecule has 0 aromatic heterocycles. The van der Waals surface area contributed by atoms with E-state index < -0.39 is 11.9 Å². The fourth-order valence-corrected chi connectivity index (χ4v) is 2.91. The van der Waals surface area contributed by atoms with E-state index in [0.717, 1.165) is 11.1 Å². The predicted octanol–water partition coefficient (Wildman–Crippen LogP) is 3.28. The highest BCUT2D eigenvalue weighted by atomic mass is 16.6. The number of esters is 1. The van der Waals surface area contributed by atoms with Gasteiger partial charge >= 0.3 is 11.9 Å². The van der Waals surface area contributed by atoms with Gasteiger partial charge in [0.25, 0.3) is 0 Å². The fraction of sp³-hybridized carbons (Fsp3) is 0.364. The molecule has 162 valence electrons. The molecule has 8 nitrogen and oxygen atoms in total. The van der Waals surface area contributed by atoms with Gasteiger partial charge in [0.1, 0.15) is 0 Å². The molecule has 30 heavy (non-hydrogen) atoms. The Bertz CT molecular complexity index is 866. The summed E-state index contributed by atoms with van der Waals surface area (Å²) in [5, 5.41) is 8.70. The Morgan fingerprint density at radius 2 is 1.30 bits per heavy atom. The number of carbonyl (C=O) groups excluding carboxylic acids is 1. The number of carboxylic acids is 1. The van der Waals surface area contributed by atoms with Crippen molar-refractivity contribution in [2.45, 2.75) is 25.7 Å². The van der Waals surface area contributed by atoms with Crippen LogP contribution in [0.5, 0.6) is 28.7 Å². The normalized spacial score (nSPS) is 10.3. The first kappa shape index (κ1) is 22.9. The molecule has 0 fully saturated rings. The lowest BCUT2D eigenvalue weighted by atomic mass is 10.0. The molecule has 0 aliphatic carbocycles. The number of ether oxygens (including phenoxy) is 5. The third kappa shape index (κ3) is 6.04. The van der Waals surface area contributed by atoms with Crippen LogP contribution in [0.4, 0.5) is 0 Å². The quantitative estimate of drug-likeness (QED) is 0.438. The van der Waals surface area contributed by atoms with Crippen LogP contribution in [0.25, 0.3) is 0 Å². The van der Waals surface area contributed by atoms with Crippen LogP contribution in [0.15, 0.2) is 30.3 Å². The molecule has 0 aliphatic rings. The first-order valence-electron chi connectivity index (χ1n) is 9.30. The molecule has 8 heteroatoms. The van der Waals surface area contributed by atoms with Gasteiger partial charge in [-0.3, -0.25) is 9.59 Å². The average Bonchev–Trinajstić information content (AvgIpc) is 2.75. The van der Waals surface area contributed by atoms with Crippen molar-refractivity contribution >= 4 is 11.9 Å². The second-order valence-electron chi connectivity index (χ2n) is 6.39. The Labute approximate surface area is 175 Å². The van der Waals surface area contributed by atoms with Crippen molar-refractivity contribution < 1.29 is 38.4 Å². The van der Waals surface area contributed by atoms with Crippen LogP contribution < -0.4 is 23.7 Å². The molecule has 0 atom stereocenters. The number of carboxylic acid groups (broad SMARTS) is 1. The fourth-order valence-electron chi connectivity index (χ4n) is 2.91. The molecule has 1 N–H and O–H groups in total. The molecule has 0 unspecified atom stereocenters. The first-order valence-corrected chi connectivity index (χ1v) is 9.30. The van der Waals surface area contributed by atoms with Crippen molar-refractivity contribution in [2.75, 3.05) is 28.4 Å². The van der Waals surface area contributed by atoms with Gasteiger partial charge in [-0.15, -0.1) is 0 Å². The minimum Gasteiger partial charge on any atom is -0.493 e. The van der Waals surface area contributed by atoms with E-state index in [1.807, 2.05) is 18.2 Å². The topological polar surface area (TPSA) is 101 Å². The maximum atomic E-state index is 11.9. The number of carbonyl (C=O) groups is 2. The van der Waals surface area contributed by atoms with Crippen LogP contribution in [0, 0.1) is 0 Å². The summed E-state index contributed by atoms with van der Waals surface area (Å²) < 4.78 is 26.6. The summed E-state index contributed by atoms with van der Waals surface area (Å²) in [6.45, 7) is 0. The number of rotatable bonds is 11. The summed E-state index contributed by atoms with van der Waals surface area (Å²) in [5.74, 6) is 0.661. The van der Waals surface area contributed by atoms with E-state index in [1.54, 1.807) is 33.5 Å². The number of hydrogen-bond donors (Lipinski definition) is 1. The molecular weight excluding hydrogens is 392 g/mol. The highest BCUT2D eigenvalue weighted by molar-refractivity contribution is 5.78. The third-order valence-electron chi connectivity index (χ3n) is 4.42. The average molecular weight is 418 g/mol. The molecule has 0 bridgehead atoms. The zero-order chi connectivity index (χ0) is 22.1. The zero-order valence-electron chi connectivity index (χ0n) is 17.5. The zero-order valence-corrected chi connectivity index (χ0v) is 17.5. The van der Waals surface area contributed by atoms with Crippen molar-refractivity contribution in [1.82, 2.24) is 0 Å². The van der Waals surface area contributed by atoms with Gasteiger partial charge in [0, 0.05) is 0 Å². The third-order valence-corrected chi connectivity index (χ3v) is 4.42. The second-order valence-corrected chi connectivity index (χ2v) is 6.39. The molecule has 0 amide bonds. The Morgan fingerprint density at radius 1 is 0.733 bits per heavy atom. The minimum atomic E-state index is -1.06. The number of methoxy groups -OCH3 is 4. The number of aryl methyl sites for hydroxylation is 2. The van der Waals surface area contributed by atoms with Gasteiger partial charge in [-0.2, -0.15) is 0 Å². The van der Waals surface area contributed by atoms with Crippen molar-refractivity contribution in [3.05, 3.63) is 41.5 Å². The Morgan fingerprint density at radius 3 is 1.83 bits per heavy atom. The first-order chi connectivity index (χ1) is 14.4. The van der Waals surface area contributed by atoms with Gasteiger partial charge in [-0.05, 0) is 48.2 Å². The predicted molar refractivity (Wildman–Crippen MR) is 109 cm³/mol. The van der Waals surface area contributed by atoms with E-state index in [4.69, 9.17) is 28.8 Å². The minimum absolute atomic E-state index is 0.214. The Hall–Kier alpha value is -3.42. The van der Waals surface area contributed by atoms with Crippen LogP contribution in [0.3, 0.4) is 0 Å². The lowest BCUT2D eigenvalue weighted by molar-refractivity contribution is -0.142. The van der Waals surface area contributed by atoms with Gasteiger partial charge in [0.2, 0.25) is 5.75 Å². The highest BCUT2D eigenvalue weighted by Gasteiger charge is 2.15. The van der Waals surface area contributed by atoms with Gasteiger partial charge < -0.3 is 28.8 Å². The summed E-state index contributed by atoms with van der Waals surface area (Å²) in [6.07, 6.45) is 0.827.